The van der Waals surface area contributed by atoms with Crippen LogP contribution in [0.1, 0.15) is 16.1 Å². The lowest BCUT2D eigenvalue weighted by Crippen LogP contribution is -1.99. The average molecular weight is 315 g/mol. The maximum absolute atomic E-state index is 11.0. The van der Waals surface area contributed by atoms with Crippen LogP contribution in [0.4, 0.5) is 0 Å². The number of aromatic carboxylic acids is 1. The molecule has 22 heavy (non-hydrogen) atoms. The molecule has 1 N–H and O–H groups in total. The number of carboxylic acids is 1. The van der Waals surface area contributed by atoms with E-state index in [1.807, 2.05) is 41.9 Å². The quantitative estimate of drug-likeness (QED) is 0.729. The third-order valence-electron chi connectivity index (χ3n) is 3.16. The molecule has 0 saturated heterocycles. The second-order valence-electron chi connectivity index (χ2n) is 4.60. The highest BCUT2D eigenvalue weighted by Crippen LogP contribution is 2.26. The van der Waals surface area contributed by atoms with Gasteiger partial charge in [-0.05, 0) is 6.07 Å². The number of furan rings is 1. The molecule has 0 aliphatic carbocycles. The highest BCUT2D eigenvalue weighted by molar-refractivity contribution is 7.98. The first-order valence-corrected chi connectivity index (χ1v) is 7.52. The van der Waals surface area contributed by atoms with Crippen LogP contribution in [0.5, 0.6) is 0 Å². The van der Waals surface area contributed by atoms with E-state index in [9.17, 15) is 4.79 Å². The van der Waals surface area contributed by atoms with E-state index in [1.54, 1.807) is 6.07 Å². The van der Waals surface area contributed by atoms with Gasteiger partial charge < -0.3 is 14.1 Å². The van der Waals surface area contributed by atoms with Crippen molar-refractivity contribution in [2.45, 2.75) is 10.9 Å². The molecule has 0 saturated carbocycles. The van der Waals surface area contributed by atoms with Crippen molar-refractivity contribution in [1.29, 1.82) is 0 Å². The molecule has 0 aliphatic heterocycles. The summed E-state index contributed by atoms with van der Waals surface area (Å²) in [6.07, 6.45) is 1.38. The highest BCUT2D eigenvalue weighted by Gasteiger charge is 2.16. The molecule has 3 rings (SSSR count). The maximum atomic E-state index is 11.0. The van der Waals surface area contributed by atoms with E-state index >= 15 is 0 Å². The van der Waals surface area contributed by atoms with Gasteiger partial charge in [0.2, 0.25) is 5.76 Å². The molecule has 0 spiro atoms. The summed E-state index contributed by atoms with van der Waals surface area (Å²) in [6.45, 7) is 0. The van der Waals surface area contributed by atoms with Gasteiger partial charge in [0.1, 0.15) is 0 Å². The maximum Gasteiger partial charge on any atom is 0.372 e. The molecule has 0 radical (unpaired) electrons. The first kappa shape index (κ1) is 14.4. The first-order chi connectivity index (χ1) is 10.7. The van der Waals surface area contributed by atoms with Gasteiger partial charge in [0.25, 0.3) is 0 Å². The molecule has 2 heterocycles. The molecule has 0 aliphatic rings. The van der Waals surface area contributed by atoms with Crippen LogP contribution >= 0.6 is 11.8 Å². The Hall–Kier alpha value is -2.54. The monoisotopic (exact) mass is 315 g/mol. The van der Waals surface area contributed by atoms with Crippen LogP contribution in [0.2, 0.25) is 0 Å². The molecule has 0 unspecified atom stereocenters. The van der Waals surface area contributed by atoms with E-state index in [4.69, 9.17) is 9.52 Å². The van der Waals surface area contributed by atoms with Gasteiger partial charge in [0.15, 0.2) is 11.0 Å². The number of thioether (sulfide) groups is 1. The third kappa shape index (κ3) is 2.75. The molecule has 0 bridgehead atoms. The molecule has 1 aromatic carbocycles. The van der Waals surface area contributed by atoms with Crippen LogP contribution in [0.15, 0.2) is 52.2 Å². The number of hydrogen-bond acceptors (Lipinski definition) is 5. The normalized spacial score (nSPS) is 10.8. The van der Waals surface area contributed by atoms with Crippen LogP contribution in [0, 0.1) is 0 Å². The van der Waals surface area contributed by atoms with Crippen molar-refractivity contribution in [3.05, 3.63) is 54.0 Å². The second kappa shape index (κ2) is 6.07. The van der Waals surface area contributed by atoms with Crippen LogP contribution < -0.4 is 0 Å². The topological polar surface area (TPSA) is 81.2 Å². The number of benzene rings is 1. The molecular formula is C15H13N3O3S. The van der Waals surface area contributed by atoms with Crippen molar-refractivity contribution in [2.24, 2.45) is 7.05 Å². The molecular weight excluding hydrogens is 302 g/mol. The summed E-state index contributed by atoms with van der Waals surface area (Å²) in [7, 11) is 1.89. The highest BCUT2D eigenvalue weighted by atomic mass is 32.2. The van der Waals surface area contributed by atoms with E-state index in [0.717, 1.165) is 16.5 Å². The van der Waals surface area contributed by atoms with E-state index in [1.165, 1.54) is 18.0 Å². The lowest BCUT2D eigenvalue weighted by atomic mass is 10.2. The largest absolute Gasteiger partial charge is 0.475 e. The van der Waals surface area contributed by atoms with Crippen LogP contribution in [-0.4, -0.2) is 25.8 Å². The Labute approximate surface area is 130 Å². The van der Waals surface area contributed by atoms with Crippen molar-refractivity contribution in [1.82, 2.24) is 14.8 Å². The smallest absolute Gasteiger partial charge is 0.372 e. The van der Waals surface area contributed by atoms with Crippen molar-refractivity contribution < 1.29 is 14.3 Å². The van der Waals surface area contributed by atoms with E-state index < -0.39 is 5.97 Å². The molecule has 2 aromatic heterocycles. The van der Waals surface area contributed by atoms with Crippen molar-refractivity contribution in [2.75, 3.05) is 0 Å². The van der Waals surface area contributed by atoms with Gasteiger partial charge in [0, 0.05) is 23.9 Å². The average Bonchev–Trinajstić information content (AvgIpc) is 3.13. The number of hydrogen-bond donors (Lipinski definition) is 1. The van der Waals surface area contributed by atoms with Gasteiger partial charge in [0.05, 0.1) is 6.26 Å². The zero-order valence-corrected chi connectivity index (χ0v) is 12.6. The summed E-state index contributed by atoms with van der Waals surface area (Å²) in [5.41, 5.74) is 1.61. The molecule has 6 nitrogen and oxygen atoms in total. The van der Waals surface area contributed by atoms with Gasteiger partial charge in [-0.25, -0.2) is 4.79 Å². The first-order valence-electron chi connectivity index (χ1n) is 6.54. The van der Waals surface area contributed by atoms with Crippen LogP contribution in [-0.2, 0) is 12.8 Å². The number of aromatic nitrogens is 3. The Bertz CT molecular complexity index is 795. The zero-order valence-electron chi connectivity index (χ0n) is 11.8. The Kier molecular flexibility index (Phi) is 3.97. The Morgan fingerprint density at radius 3 is 2.77 bits per heavy atom. The Balaban J connectivity index is 1.78. The predicted octanol–water partition coefficient (Wildman–Crippen LogP) is 3.07. The number of carbonyl (C=O) groups is 1. The van der Waals surface area contributed by atoms with Crippen molar-refractivity contribution in [3.63, 3.8) is 0 Å². The lowest BCUT2D eigenvalue weighted by Gasteiger charge is -2.03. The third-order valence-corrected chi connectivity index (χ3v) is 4.23. The van der Waals surface area contributed by atoms with Gasteiger partial charge >= 0.3 is 5.97 Å². The van der Waals surface area contributed by atoms with E-state index in [0.29, 0.717) is 11.3 Å². The summed E-state index contributed by atoms with van der Waals surface area (Å²) in [6, 6.07) is 11.4. The summed E-state index contributed by atoms with van der Waals surface area (Å²) < 4.78 is 6.85. The Morgan fingerprint density at radius 1 is 1.27 bits per heavy atom. The minimum atomic E-state index is -1.07. The minimum Gasteiger partial charge on any atom is -0.475 e. The molecule has 112 valence electrons. The molecule has 7 heteroatoms. The standard InChI is InChI=1S/C15H13N3O3S/c1-18-13(10-5-3-2-4-6-10)16-17-15(18)22-9-11-7-8-21-12(11)14(19)20/h2-8H,9H2,1H3,(H,19,20). The fourth-order valence-electron chi connectivity index (χ4n) is 2.06. The Morgan fingerprint density at radius 2 is 2.05 bits per heavy atom. The predicted molar refractivity (Wildman–Crippen MR) is 81.7 cm³/mol. The lowest BCUT2D eigenvalue weighted by molar-refractivity contribution is 0.0661. The fraction of sp³-hybridized carbons (Fsp3) is 0.133. The molecule has 0 amide bonds. The molecule has 0 fully saturated rings. The summed E-state index contributed by atoms with van der Waals surface area (Å²) in [5.74, 6) is 0.133. The fourth-order valence-corrected chi connectivity index (χ4v) is 2.95. The molecule has 0 atom stereocenters. The van der Waals surface area contributed by atoms with Crippen LogP contribution in [0.3, 0.4) is 0 Å². The van der Waals surface area contributed by atoms with Gasteiger partial charge in [-0.3, -0.25) is 0 Å². The second-order valence-corrected chi connectivity index (χ2v) is 5.54. The van der Waals surface area contributed by atoms with Gasteiger partial charge in [-0.1, -0.05) is 42.1 Å². The summed E-state index contributed by atoms with van der Waals surface area (Å²) >= 11 is 1.42. The SMILES string of the molecule is Cn1c(SCc2ccoc2C(=O)O)nnc1-c1ccccc1. The summed E-state index contributed by atoms with van der Waals surface area (Å²) in [4.78, 5) is 11.0. The number of carboxylic acid groups (broad SMARTS) is 1. The van der Waals surface area contributed by atoms with Crippen molar-refractivity contribution >= 4 is 17.7 Å². The number of rotatable bonds is 5. The minimum absolute atomic E-state index is 0.0297. The molecule has 3 aromatic rings. The van der Waals surface area contributed by atoms with Gasteiger partial charge in [-0.2, -0.15) is 0 Å². The number of nitrogens with zero attached hydrogens (tertiary/aromatic N) is 3. The van der Waals surface area contributed by atoms with Crippen LogP contribution in [0.25, 0.3) is 11.4 Å². The van der Waals surface area contributed by atoms with Gasteiger partial charge in [-0.15, -0.1) is 10.2 Å². The van der Waals surface area contributed by atoms with E-state index in [2.05, 4.69) is 10.2 Å². The van der Waals surface area contributed by atoms with E-state index in [-0.39, 0.29) is 5.76 Å². The van der Waals surface area contributed by atoms with Crippen molar-refractivity contribution in [3.8, 4) is 11.4 Å². The zero-order chi connectivity index (χ0) is 15.5. The summed E-state index contributed by atoms with van der Waals surface area (Å²) in [5, 5.41) is 18.1.